The standard InChI is InChI=1S/C26H25N3O6/c1-28-18(7-8-27-28)17(13-23(33)29-9-11-34-12-10-29)24-19(30)14-20(31)25-21(32)15-22(35-26(24)25)16-5-3-2-4-6-16/h2-8,14-15,17,30-31H,9-13H2,1H3/t17-/m1/s1. The Kier molecular flexibility index (Phi) is 6.00. The molecule has 35 heavy (non-hydrogen) atoms. The van der Waals surface area contributed by atoms with Crippen LogP contribution in [0.3, 0.4) is 0 Å². The molecular weight excluding hydrogens is 450 g/mol. The van der Waals surface area contributed by atoms with Gasteiger partial charge in [-0.1, -0.05) is 30.3 Å². The lowest BCUT2D eigenvalue weighted by Crippen LogP contribution is -2.41. The number of aromatic hydroxyl groups is 2. The van der Waals surface area contributed by atoms with Crippen LogP contribution < -0.4 is 5.43 Å². The minimum Gasteiger partial charge on any atom is -0.507 e. The Labute approximate surface area is 200 Å². The second-order valence-corrected chi connectivity index (χ2v) is 8.50. The van der Waals surface area contributed by atoms with Crippen molar-refractivity contribution < 1.29 is 24.2 Å². The zero-order valence-corrected chi connectivity index (χ0v) is 19.2. The van der Waals surface area contributed by atoms with E-state index in [1.165, 1.54) is 6.07 Å². The third kappa shape index (κ3) is 4.26. The maximum atomic E-state index is 13.3. The lowest BCUT2D eigenvalue weighted by atomic mass is 9.89. The molecule has 180 valence electrons. The van der Waals surface area contributed by atoms with Crippen LogP contribution in [0.1, 0.15) is 23.6 Å². The highest BCUT2D eigenvalue weighted by atomic mass is 16.5. The average molecular weight is 476 g/mol. The number of aromatic nitrogens is 2. The molecule has 1 aliphatic rings. The van der Waals surface area contributed by atoms with Gasteiger partial charge in [0.05, 0.1) is 13.2 Å². The number of phenols is 2. The number of nitrogens with zero attached hydrogens (tertiary/aromatic N) is 3. The lowest BCUT2D eigenvalue weighted by molar-refractivity contribution is -0.135. The van der Waals surface area contributed by atoms with Crippen LogP contribution >= 0.6 is 0 Å². The number of phenolic OH excluding ortho intramolecular Hbond substituents is 2. The average Bonchev–Trinajstić information content (AvgIpc) is 3.29. The molecule has 1 fully saturated rings. The molecule has 1 saturated heterocycles. The fourth-order valence-electron chi connectivity index (χ4n) is 4.60. The highest BCUT2D eigenvalue weighted by Gasteiger charge is 2.31. The van der Waals surface area contributed by atoms with Crippen molar-refractivity contribution in [1.29, 1.82) is 0 Å². The first-order chi connectivity index (χ1) is 16.9. The van der Waals surface area contributed by atoms with E-state index in [-0.39, 0.29) is 40.4 Å². The quantitative estimate of drug-likeness (QED) is 0.456. The van der Waals surface area contributed by atoms with Gasteiger partial charge in [0, 0.05) is 67.6 Å². The zero-order chi connectivity index (χ0) is 24.5. The molecule has 4 aromatic rings. The Bertz CT molecular complexity index is 1440. The molecule has 0 spiro atoms. The Morgan fingerprint density at radius 2 is 1.83 bits per heavy atom. The number of morpholine rings is 1. The molecule has 5 rings (SSSR count). The maximum Gasteiger partial charge on any atom is 0.223 e. The summed E-state index contributed by atoms with van der Waals surface area (Å²) < 4.78 is 13.2. The third-order valence-corrected chi connectivity index (χ3v) is 6.36. The lowest BCUT2D eigenvalue weighted by Gasteiger charge is -2.29. The monoisotopic (exact) mass is 475 g/mol. The van der Waals surface area contributed by atoms with E-state index < -0.39 is 17.1 Å². The van der Waals surface area contributed by atoms with Crippen LogP contribution in [0.15, 0.2) is 63.9 Å². The normalized spacial score (nSPS) is 14.8. The summed E-state index contributed by atoms with van der Waals surface area (Å²) in [7, 11) is 1.74. The van der Waals surface area contributed by atoms with Crippen LogP contribution in [-0.2, 0) is 16.6 Å². The number of aryl methyl sites for hydroxylation is 1. The van der Waals surface area contributed by atoms with E-state index in [1.54, 1.807) is 41.0 Å². The number of amides is 1. The number of hydrogen-bond acceptors (Lipinski definition) is 7. The minimum absolute atomic E-state index is 0.00619. The van der Waals surface area contributed by atoms with Crippen LogP contribution in [0.5, 0.6) is 11.5 Å². The smallest absolute Gasteiger partial charge is 0.223 e. The van der Waals surface area contributed by atoms with E-state index in [9.17, 15) is 19.8 Å². The largest absolute Gasteiger partial charge is 0.507 e. The van der Waals surface area contributed by atoms with E-state index in [2.05, 4.69) is 5.10 Å². The number of fused-ring (bicyclic) bond motifs is 1. The number of hydrogen-bond donors (Lipinski definition) is 2. The molecule has 0 bridgehead atoms. The van der Waals surface area contributed by atoms with E-state index in [1.807, 2.05) is 18.2 Å². The van der Waals surface area contributed by atoms with Gasteiger partial charge in [-0.2, -0.15) is 5.10 Å². The van der Waals surface area contributed by atoms with Crippen molar-refractivity contribution in [3.05, 3.63) is 76.2 Å². The van der Waals surface area contributed by atoms with E-state index >= 15 is 0 Å². The topological polar surface area (TPSA) is 118 Å². The summed E-state index contributed by atoms with van der Waals surface area (Å²) in [6.45, 7) is 1.88. The molecule has 0 unspecified atom stereocenters. The molecule has 0 saturated carbocycles. The van der Waals surface area contributed by atoms with Gasteiger partial charge in [0.15, 0.2) is 5.43 Å². The summed E-state index contributed by atoms with van der Waals surface area (Å²) in [4.78, 5) is 28.1. The molecule has 1 aliphatic heterocycles. The van der Waals surface area contributed by atoms with Crippen LogP contribution in [0.25, 0.3) is 22.3 Å². The number of carbonyl (C=O) groups excluding carboxylic acids is 1. The minimum atomic E-state index is -0.685. The van der Waals surface area contributed by atoms with Crippen molar-refractivity contribution in [2.24, 2.45) is 7.05 Å². The molecule has 2 aromatic carbocycles. The number of benzene rings is 2. The van der Waals surface area contributed by atoms with Gasteiger partial charge >= 0.3 is 0 Å². The first-order valence-corrected chi connectivity index (χ1v) is 11.4. The van der Waals surface area contributed by atoms with E-state index in [0.717, 1.165) is 6.07 Å². The van der Waals surface area contributed by atoms with Crippen molar-refractivity contribution in [2.45, 2.75) is 12.3 Å². The number of rotatable bonds is 5. The molecule has 2 N–H and O–H groups in total. The summed E-state index contributed by atoms with van der Waals surface area (Å²) >= 11 is 0. The Morgan fingerprint density at radius 1 is 1.09 bits per heavy atom. The molecular formula is C26H25N3O6. The fraction of sp³-hybridized carbons (Fsp3) is 0.269. The predicted molar refractivity (Wildman–Crippen MR) is 128 cm³/mol. The van der Waals surface area contributed by atoms with Gasteiger partial charge in [-0.3, -0.25) is 14.3 Å². The Balaban J connectivity index is 1.72. The van der Waals surface area contributed by atoms with Crippen LogP contribution in [0.2, 0.25) is 0 Å². The first-order valence-electron chi connectivity index (χ1n) is 11.4. The Morgan fingerprint density at radius 3 is 2.51 bits per heavy atom. The predicted octanol–water partition coefficient (Wildman–Crippen LogP) is 2.99. The van der Waals surface area contributed by atoms with Crippen LogP contribution in [0.4, 0.5) is 0 Å². The van der Waals surface area contributed by atoms with Gasteiger partial charge in [-0.25, -0.2) is 0 Å². The molecule has 1 atom stereocenters. The Hall–Kier alpha value is -4.11. The van der Waals surface area contributed by atoms with Crippen LogP contribution in [-0.4, -0.2) is 57.1 Å². The SMILES string of the molecule is Cn1nccc1[C@@H](CC(=O)N1CCOCC1)c1c(O)cc(O)c2c(=O)cc(-c3ccccc3)oc12. The maximum absolute atomic E-state index is 13.3. The second-order valence-electron chi connectivity index (χ2n) is 8.50. The van der Waals surface area contributed by atoms with Crippen molar-refractivity contribution in [2.75, 3.05) is 26.3 Å². The fourth-order valence-corrected chi connectivity index (χ4v) is 4.60. The summed E-state index contributed by atoms with van der Waals surface area (Å²) in [5.74, 6) is -1.18. The van der Waals surface area contributed by atoms with Gasteiger partial charge < -0.3 is 24.3 Å². The van der Waals surface area contributed by atoms with Crippen LogP contribution in [0, 0.1) is 0 Å². The first kappa shape index (κ1) is 22.7. The summed E-state index contributed by atoms with van der Waals surface area (Å²) in [6.07, 6.45) is 1.61. The van der Waals surface area contributed by atoms with Gasteiger partial charge in [0.2, 0.25) is 5.91 Å². The third-order valence-electron chi connectivity index (χ3n) is 6.36. The second kappa shape index (κ2) is 9.27. The zero-order valence-electron chi connectivity index (χ0n) is 19.2. The van der Waals surface area contributed by atoms with Crippen molar-refractivity contribution >= 4 is 16.9 Å². The molecule has 2 aromatic heterocycles. The van der Waals surface area contributed by atoms with Crippen molar-refractivity contribution in [3.8, 4) is 22.8 Å². The summed E-state index contributed by atoms with van der Waals surface area (Å²) in [6, 6.07) is 13.3. The molecule has 1 amide bonds. The number of ether oxygens (including phenoxy) is 1. The van der Waals surface area contributed by atoms with E-state index in [0.29, 0.717) is 37.6 Å². The van der Waals surface area contributed by atoms with Gasteiger partial charge in [0.1, 0.15) is 28.2 Å². The van der Waals surface area contributed by atoms with Gasteiger partial charge in [-0.05, 0) is 6.07 Å². The van der Waals surface area contributed by atoms with Crippen molar-refractivity contribution in [3.63, 3.8) is 0 Å². The summed E-state index contributed by atoms with van der Waals surface area (Å²) in [5, 5.41) is 25.8. The molecule has 0 aliphatic carbocycles. The molecule has 9 heteroatoms. The molecule has 9 nitrogen and oxygen atoms in total. The van der Waals surface area contributed by atoms with Crippen molar-refractivity contribution in [1.82, 2.24) is 14.7 Å². The highest BCUT2D eigenvalue weighted by Crippen LogP contribution is 2.42. The van der Waals surface area contributed by atoms with Gasteiger partial charge in [0.25, 0.3) is 0 Å². The molecule has 3 heterocycles. The highest BCUT2D eigenvalue weighted by molar-refractivity contribution is 5.91. The molecule has 0 radical (unpaired) electrons. The van der Waals surface area contributed by atoms with Gasteiger partial charge in [-0.15, -0.1) is 0 Å². The van der Waals surface area contributed by atoms with E-state index in [4.69, 9.17) is 9.15 Å². The number of carbonyl (C=O) groups is 1. The summed E-state index contributed by atoms with van der Waals surface area (Å²) in [5.41, 5.74) is 1.16.